The van der Waals surface area contributed by atoms with Crippen LogP contribution in [0.2, 0.25) is 5.02 Å². The van der Waals surface area contributed by atoms with E-state index in [0.717, 1.165) is 21.6 Å². The molecular weight excluding hydrogens is 240 g/mol. The summed E-state index contributed by atoms with van der Waals surface area (Å²) in [4.78, 5) is 0.892. The predicted octanol–water partition coefficient (Wildman–Crippen LogP) is 3.63. The molecule has 16 heavy (non-hydrogen) atoms. The van der Waals surface area contributed by atoms with Gasteiger partial charge in [-0.1, -0.05) is 35.9 Å². The Morgan fingerprint density at radius 3 is 2.75 bits per heavy atom. The highest BCUT2D eigenvalue weighted by atomic mass is 35.5. The molecule has 1 nitrogen and oxygen atoms in total. The molecule has 3 heteroatoms. The summed E-state index contributed by atoms with van der Waals surface area (Å²) in [5.41, 5.74) is 3.29. The Morgan fingerprint density at radius 2 is 1.88 bits per heavy atom. The van der Waals surface area contributed by atoms with E-state index in [1.807, 2.05) is 30.3 Å². The van der Waals surface area contributed by atoms with Crippen LogP contribution < -0.4 is 0 Å². The van der Waals surface area contributed by atoms with Crippen molar-refractivity contribution in [1.82, 2.24) is 0 Å². The van der Waals surface area contributed by atoms with Gasteiger partial charge in [0, 0.05) is 9.92 Å². The molecule has 0 amide bonds. The fraction of sp³-hybridized carbons (Fsp3) is 0.0769. The van der Waals surface area contributed by atoms with Gasteiger partial charge < -0.3 is 0 Å². The molecule has 1 aliphatic heterocycles. The third-order valence-corrected chi connectivity index (χ3v) is 4.44. The van der Waals surface area contributed by atoms with Crippen molar-refractivity contribution in [3.8, 4) is 11.1 Å². The summed E-state index contributed by atoms with van der Waals surface area (Å²) in [7, 11) is -0.943. The Bertz CT molecular complexity index is 592. The van der Waals surface area contributed by atoms with Crippen LogP contribution in [0.3, 0.4) is 0 Å². The van der Waals surface area contributed by atoms with E-state index in [1.165, 1.54) is 0 Å². The molecule has 1 heterocycles. The molecule has 0 saturated heterocycles. The van der Waals surface area contributed by atoms with Crippen LogP contribution >= 0.6 is 11.6 Å². The lowest BCUT2D eigenvalue weighted by molar-refractivity contribution is 0.682. The highest BCUT2D eigenvalue weighted by Gasteiger charge is 2.20. The van der Waals surface area contributed by atoms with Crippen LogP contribution in [0, 0.1) is 0 Å². The van der Waals surface area contributed by atoms with Crippen molar-refractivity contribution < 1.29 is 4.21 Å². The van der Waals surface area contributed by atoms with E-state index in [-0.39, 0.29) is 0 Å². The summed E-state index contributed by atoms with van der Waals surface area (Å²) in [5, 5.41) is 0.687. The number of rotatable bonds is 0. The molecule has 1 atom stereocenters. The van der Waals surface area contributed by atoms with Crippen LogP contribution in [0.5, 0.6) is 0 Å². The largest absolute Gasteiger partial charge is 0.254 e. The minimum Gasteiger partial charge on any atom is -0.254 e. The monoisotopic (exact) mass is 248 g/mol. The van der Waals surface area contributed by atoms with Crippen molar-refractivity contribution in [3.05, 3.63) is 53.1 Å². The first-order valence-electron chi connectivity index (χ1n) is 5.02. The van der Waals surface area contributed by atoms with E-state index < -0.39 is 10.8 Å². The predicted molar refractivity (Wildman–Crippen MR) is 67.0 cm³/mol. The van der Waals surface area contributed by atoms with Crippen LogP contribution in [0.25, 0.3) is 11.1 Å². The van der Waals surface area contributed by atoms with Gasteiger partial charge >= 0.3 is 0 Å². The van der Waals surface area contributed by atoms with Gasteiger partial charge in [-0.2, -0.15) is 0 Å². The highest BCUT2D eigenvalue weighted by Crippen LogP contribution is 2.37. The van der Waals surface area contributed by atoms with Crippen LogP contribution in [0.15, 0.2) is 47.4 Å². The van der Waals surface area contributed by atoms with Gasteiger partial charge in [0.05, 0.1) is 16.6 Å². The number of halogens is 1. The molecule has 0 aromatic heterocycles. The summed E-state index contributed by atoms with van der Waals surface area (Å²) in [5.74, 6) is 0.602. The Hall–Kier alpha value is -1.12. The number of fused-ring (bicyclic) bond motifs is 3. The second-order valence-electron chi connectivity index (χ2n) is 3.79. The number of hydrogen-bond acceptors (Lipinski definition) is 1. The minimum atomic E-state index is -0.943. The zero-order chi connectivity index (χ0) is 11.1. The molecule has 80 valence electrons. The molecule has 0 saturated carbocycles. The average molecular weight is 249 g/mol. The third-order valence-electron chi connectivity index (χ3n) is 2.78. The maximum absolute atomic E-state index is 12.0. The Morgan fingerprint density at radius 1 is 1.06 bits per heavy atom. The molecule has 2 aromatic carbocycles. The molecule has 0 radical (unpaired) electrons. The first-order chi connectivity index (χ1) is 7.75. The molecule has 0 N–H and O–H groups in total. The minimum absolute atomic E-state index is 0.602. The summed E-state index contributed by atoms with van der Waals surface area (Å²) in [6.07, 6.45) is 0. The maximum Gasteiger partial charge on any atom is 0.0580 e. The average Bonchev–Trinajstić information content (AvgIpc) is 2.29. The van der Waals surface area contributed by atoms with Crippen molar-refractivity contribution >= 4 is 22.4 Å². The first kappa shape index (κ1) is 10.1. The molecule has 0 bridgehead atoms. The van der Waals surface area contributed by atoms with Crippen LogP contribution in [-0.4, -0.2) is 4.21 Å². The molecular formula is C13H9ClOS. The topological polar surface area (TPSA) is 17.1 Å². The second-order valence-corrected chi connectivity index (χ2v) is 5.64. The van der Waals surface area contributed by atoms with Crippen molar-refractivity contribution in [3.63, 3.8) is 0 Å². The van der Waals surface area contributed by atoms with Gasteiger partial charge in [-0.25, -0.2) is 0 Å². The van der Waals surface area contributed by atoms with Gasteiger partial charge in [0.2, 0.25) is 0 Å². The van der Waals surface area contributed by atoms with E-state index in [9.17, 15) is 4.21 Å². The van der Waals surface area contributed by atoms with Gasteiger partial charge in [0.1, 0.15) is 0 Å². The second kappa shape index (κ2) is 3.72. The quantitative estimate of drug-likeness (QED) is 0.696. The lowest BCUT2D eigenvalue weighted by Crippen LogP contribution is -2.06. The van der Waals surface area contributed by atoms with E-state index in [2.05, 4.69) is 6.07 Å². The van der Waals surface area contributed by atoms with Crippen molar-refractivity contribution in [1.29, 1.82) is 0 Å². The Labute approximate surface area is 102 Å². The smallest absolute Gasteiger partial charge is 0.0580 e. The van der Waals surface area contributed by atoms with Crippen molar-refractivity contribution in [2.24, 2.45) is 0 Å². The van der Waals surface area contributed by atoms with Gasteiger partial charge in [0.25, 0.3) is 0 Å². The van der Waals surface area contributed by atoms with Gasteiger partial charge in [-0.3, -0.25) is 4.21 Å². The van der Waals surface area contributed by atoms with Crippen molar-refractivity contribution in [2.45, 2.75) is 10.6 Å². The molecule has 0 fully saturated rings. The fourth-order valence-corrected chi connectivity index (χ4v) is 3.53. The molecule has 1 aliphatic rings. The Balaban J connectivity index is 2.34. The number of benzene rings is 2. The summed E-state index contributed by atoms with van der Waals surface area (Å²) >= 11 is 5.99. The van der Waals surface area contributed by atoms with Gasteiger partial charge in [-0.15, -0.1) is 0 Å². The normalized spacial score (nSPS) is 17.7. The summed E-state index contributed by atoms with van der Waals surface area (Å²) in [6.45, 7) is 0. The van der Waals surface area contributed by atoms with Crippen LogP contribution in [0.1, 0.15) is 5.56 Å². The highest BCUT2D eigenvalue weighted by molar-refractivity contribution is 7.84. The van der Waals surface area contributed by atoms with Gasteiger partial charge in [-0.05, 0) is 34.9 Å². The maximum atomic E-state index is 12.0. The first-order valence-corrected chi connectivity index (χ1v) is 6.71. The molecule has 2 aromatic rings. The molecule has 0 spiro atoms. The Kier molecular flexibility index (Phi) is 2.34. The fourth-order valence-electron chi connectivity index (χ4n) is 2.04. The lowest BCUT2D eigenvalue weighted by atomic mass is 10.0. The third kappa shape index (κ3) is 1.49. The summed E-state index contributed by atoms with van der Waals surface area (Å²) < 4.78 is 12.0. The number of hydrogen-bond donors (Lipinski definition) is 0. The van der Waals surface area contributed by atoms with Crippen LogP contribution in [0.4, 0.5) is 0 Å². The van der Waals surface area contributed by atoms with Crippen LogP contribution in [-0.2, 0) is 16.6 Å². The molecule has 1 unspecified atom stereocenters. The van der Waals surface area contributed by atoms with Crippen molar-refractivity contribution in [2.75, 3.05) is 0 Å². The summed E-state index contributed by atoms with van der Waals surface area (Å²) in [6, 6.07) is 13.6. The van der Waals surface area contributed by atoms with E-state index in [4.69, 9.17) is 11.6 Å². The zero-order valence-electron chi connectivity index (χ0n) is 8.44. The standard InChI is InChI=1S/C13H9ClOS/c14-10-5-6-13-12(7-10)11-4-2-1-3-9(11)8-16(13)15/h1-7H,8H2. The molecule has 0 aliphatic carbocycles. The van der Waals surface area contributed by atoms with E-state index in [1.54, 1.807) is 6.07 Å². The molecule has 3 rings (SSSR count). The van der Waals surface area contributed by atoms with E-state index in [0.29, 0.717) is 10.8 Å². The van der Waals surface area contributed by atoms with Gasteiger partial charge in [0.15, 0.2) is 0 Å². The zero-order valence-corrected chi connectivity index (χ0v) is 10.0. The van der Waals surface area contributed by atoms with E-state index >= 15 is 0 Å². The SMILES string of the molecule is O=S1Cc2ccccc2-c2cc(Cl)ccc21. The lowest BCUT2D eigenvalue weighted by Gasteiger charge is -2.19.